The lowest BCUT2D eigenvalue weighted by Gasteiger charge is -2.04. The van der Waals surface area contributed by atoms with E-state index in [1.54, 1.807) is 6.92 Å². The van der Waals surface area contributed by atoms with Crippen LogP contribution in [0.2, 0.25) is 0 Å². The van der Waals surface area contributed by atoms with Crippen molar-refractivity contribution in [3.63, 3.8) is 0 Å². The Bertz CT molecular complexity index is 295. The van der Waals surface area contributed by atoms with Crippen molar-refractivity contribution in [2.45, 2.75) is 104 Å². The summed E-state index contributed by atoms with van der Waals surface area (Å²) in [7, 11) is 0. The molecular weight excluding hydrogens is 336 g/mol. The van der Waals surface area contributed by atoms with Crippen LogP contribution in [0.25, 0.3) is 0 Å². The Hall–Kier alpha value is -0.710. The number of unbranched alkanes of at least 4 members (excludes halogenated alkanes) is 11. The molecule has 0 aromatic rings. The first-order chi connectivity index (χ1) is 12.1. The van der Waals surface area contributed by atoms with Gasteiger partial charge in [-0.2, -0.15) is 12.6 Å². The Morgan fingerprint density at radius 2 is 1.20 bits per heavy atom. The first-order valence-electron chi connectivity index (χ1n) is 10.1. The average molecular weight is 377 g/mol. The predicted octanol–water partition coefficient (Wildman–Crippen LogP) is 6.03. The lowest BCUT2D eigenvalue weighted by atomic mass is 10.1. The molecule has 0 radical (unpaired) electrons. The van der Waals surface area contributed by atoms with Gasteiger partial charge in [-0.15, -0.1) is 0 Å². The van der Waals surface area contributed by atoms with Crippen molar-refractivity contribution in [1.82, 2.24) is 0 Å². The van der Waals surface area contributed by atoms with Gasteiger partial charge >= 0.3 is 11.9 Å². The Kier molecular flexibility index (Phi) is 24.7. The fraction of sp³-hybridized carbons (Fsp3) is 0.900. The van der Waals surface area contributed by atoms with Gasteiger partial charge in [0.05, 0.1) is 13.0 Å². The number of carbonyl (C=O) groups is 2. The second kappa shape index (κ2) is 23.3. The third kappa shape index (κ3) is 28.4. The first kappa shape index (κ1) is 26.5. The number of hydrogen-bond acceptors (Lipinski definition) is 4. The van der Waals surface area contributed by atoms with Gasteiger partial charge in [-0.3, -0.25) is 9.59 Å². The van der Waals surface area contributed by atoms with Gasteiger partial charge in [-0.05, 0) is 6.42 Å². The minimum absolute atomic E-state index is 0.108. The molecule has 0 fully saturated rings. The largest absolute Gasteiger partial charge is 0.481 e. The number of carbonyl (C=O) groups excluding carboxylic acids is 1. The normalized spacial score (nSPS) is 10.0. The fourth-order valence-corrected chi connectivity index (χ4v) is 2.48. The summed E-state index contributed by atoms with van der Waals surface area (Å²) in [5, 5.41) is 7.72. The fourth-order valence-electron chi connectivity index (χ4n) is 2.29. The van der Waals surface area contributed by atoms with Gasteiger partial charge in [0.25, 0.3) is 0 Å². The minimum Gasteiger partial charge on any atom is -0.481 e. The van der Waals surface area contributed by atoms with Crippen molar-refractivity contribution in [1.29, 1.82) is 0 Å². The van der Waals surface area contributed by atoms with Crippen LogP contribution in [-0.2, 0) is 14.3 Å². The lowest BCUT2D eigenvalue weighted by molar-refractivity contribution is -0.143. The second-order valence-corrected chi connectivity index (χ2v) is 6.78. The molecule has 0 amide bonds. The molecule has 25 heavy (non-hydrogen) atoms. The highest BCUT2D eigenvalue weighted by Crippen LogP contribution is 2.11. The second-order valence-electron chi connectivity index (χ2n) is 6.33. The van der Waals surface area contributed by atoms with Crippen LogP contribution in [0.15, 0.2) is 0 Å². The molecule has 4 nitrogen and oxygen atoms in total. The Labute approximate surface area is 160 Å². The van der Waals surface area contributed by atoms with Crippen molar-refractivity contribution in [2.24, 2.45) is 0 Å². The summed E-state index contributed by atoms with van der Waals surface area (Å²) >= 11 is 4.00. The van der Waals surface area contributed by atoms with Gasteiger partial charge in [-0.1, -0.05) is 84.5 Å². The highest BCUT2D eigenvalue weighted by Gasteiger charge is 1.99. The van der Waals surface area contributed by atoms with Gasteiger partial charge < -0.3 is 9.84 Å². The van der Waals surface area contributed by atoms with E-state index in [0.717, 1.165) is 6.42 Å². The first-order valence-corrected chi connectivity index (χ1v) is 10.7. The maximum atomic E-state index is 11.1. The topological polar surface area (TPSA) is 63.6 Å². The zero-order valence-corrected chi connectivity index (χ0v) is 17.3. The van der Waals surface area contributed by atoms with E-state index in [9.17, 15) is 9.59 Å². The molecule has 1 N–H and O–H groups in total. The van der Waals surface area contributed by atoms with Crippen LogP contribution < -0.4 is 0 Å². The van der Waals surface area contributed by atoms with Gasteiger partial charge in [0.1, 0.15) is 0 Å². The molecule has 0 aromatic heterocycles. The van der Waals surface area contributed by atoms with E-state index >= 15 is 0 Å². The molecule has 0 saturated heterocycles. The molecule has 0 saturated carbocycles. The van der Waals surface area contributed by atoms with Crippen LogP contribution in [0.5, 0.6) is 0 Å². The van der Waals surface area contributed by atoms with Gasteiger partial charge in [-0.25, -0.2) is 0 Å². The van der Waals surface area contributed by atoms with E-state index < -0.39 is 5.97 Å². The molecule has 0 heterocycles. The van der Waals surface area contributed by atoms with E-state index in [4.69, 9.17) is 9.84 Å². The smallest absolute Gasteiger partial charge is 0.306 e. The van der Waals surface area contributed by atoms with Gasteiger partial charge in [0.2, 0.25) is 0 Å². The molecule has 0 spiro atoms. The van der Waals surface area contributed by atoms with Crippen LogP contribution in [0.4, 0.5) is 0 Å². The van der Waals surface area contributed by atoms with E-state index in [-0.39, 0.29) is 12.4 Å². The lowest BCUT2D eigenvalue weighted by Crippen LogP contribution is -2.06. The molecule has 5 heteroatoms. The number of thiol groups is 1. The maximum absolute atomic E-state index is 11.1. The molecule has 0 bridgehead atoms. The van der Waals surface area contributed by atoms with Crippen molar-refractivity contribution in [2.75, 3.05) is 12.4 Å². The molecule has 0 unspecified atom stereocenters. The zero-order chi connectivity index (χ0) is 19.2. The van der Waals surface area contributed by atoms with Crippen LogP contribution in [-0.4, -0.2) is 29.4 Å². The van der Waals surface area contributed by atoms with E-state index in [1.807, 2.05) is 0 Å². The number of aliphatic carboxylic acids is 1. The summed E-state index contributed by atoms with van der Waals surface area (Å²) in [5.41, 5.74) is 0. The number of esters is 1. The Balaban J connectivity index is 0. The summed E-state index contributed by atoms with van der Waals surface area (Å²) < 4.78 is 5.09. The van der Waals surface area contributed by atoms with Gasteiger partial charge in [0, 0.05) is 12.2 Å². The average Bonchev–Trinajstić information content (AvgIpc) is 2.59. The predicted molar refractivity (Wildman–Crippen MR) is 108 cm³/mol. The highest BCUT2D eigenvalue weighted by atomic mass is 32.1. The van der Waals surface area contributed by atoms with E-state index in [2.05, 4.69) is 19.6 Å². The monoisotopic (exact) mass is 376 g/mol. The van der Waals surface area contributed by atoms with E-state index in [0.29, 0.717) is 18.8 Å². The molecule has 0 aliphatic heterocycles. The SMILES string of the molecule is CCC(=O)O.CCCCCCCCCCCCCCOC(=O)CCS. The summed E-state index contributed by atoms with van der Waals surface area (Å²) in [5.74, 6) is -0.273. The van der Waals surface area contributed by atoms with Crippen molar-refractivity contribution >= 4 is 24.6 Å². The number of hydrogen-bond donors (Lipinski definition) is 2. The molecule has 0 atom stereocenters. The molecule has 150 valence electrons. The molecule has 0 aromatic carbocycles. The van der Waals surface area contributed by atoms with Gasteiger partial charge in [0.15, 0.2) is 0 Å². The third-order valence-corrected chi connectivity index (χ3v) is 4.10. The van der Waals surface area contributed by atoms with E-state index in [1.165, 1.54) is 70.6 Å². The van der Waals surface area contributed by atoms with Crippen molar-refractivity contribution in [3.05, 3.63) is 0 Å². The molecule has 0 rings (SSSR count). The molecule has 0 aliphatic rings. The zero-order valence-electron chi connectivity index (χ0n) is 16.4. The summed E-state index contributed by atoms with van der Waals surface area (Å²) in [4.78, 5) is 20.4. The Morgan fingerprint density at radius 3 is 1.56 bits per heavy atom. The standard InChI is InChI=1S/C17H34O2S.C3H6O2/c1-2-3-4-5-6-7-8-9-10-11-12-13-15-19-17(18)14-16-20;1-2-3(4)5/h20H,2-16H2,1H3;2H2,1H3,(H,4,5). The Morgan fingerprint density at radius 1 is 0.800 bits per heavy atom. The van der Waals surface area contributed by atoms with Crippen LogP contribution in [0.1, 0.15) is 104 Å². The van der Waals surface area contributed by atoms with Crippen LogP contribution >= 0.6 is 12.6 Å². The number of ether oxygens (including phenoxy) is 1. The van der Waals surface area contributed by atoms with Crippen molar-refractivity contribution in [3.8, 4) is 0 Å². The van der Waals surface area contributed by atoms with Crippen LogP contribution in [0, 0.1) is 0 Å². The number of carboxylic acid groups (broad SMARTS) is 1. The minimum atomic E-state index is -0.745. The number of carboxylic acids is 1. The molecule has 0 aliphatic carbocycles. The summed E-state index contributed by atoms with van der Waals surface area (Å²) in [6, 6.07) is 0. The third-order valence-electron chi connectivity index (χ3n) is 3.88. The quantitative estimate of drug-likeness (QED) is 0.196. The summed E-state index contributed by atoms with van der Waals surface area (Å²) in [6.45, 7) is 4.45. The summed E-state index contributed by atoms with van der Waals surface area (Å²) in [6.07, 6.45) is 16.6. The highest BCUT2D eigenvalue weighted by molar-refractivity contribution is 7.80. The number of rotatable bonds is 16. The van der Waals surface area contributed by atoms with Crippen molar-refractivity contribution < 1.29 is 19.4 Å². The van der Waals surface area contributed by atoms with Crippen LogP contribution in [0.3, 0.4) is 0 Å². The maximum Gasteiger partial charge on any atom is 0.306 e. The molecular formula is C20H40O4S.